The van der Waals surface area contributed by atoms with Crippen molar-refractivity contribution >= 4 is 31.9 Å². The first-order chi connectivity index (χ1) is 8.49. The van der Waals surface area contributed by atoms with Crippen LogP contribution in [0, 0.1) is 18.6 Å². The Morgan fingerprint density at radius 2 is 1.78 bits per heavy atom. The van der Waals surface area contributed by atoms with Crippen LogP contribution in [0.3, 0.4) is 0 Å². The number of halogens is 4. The predicted octanol–water partition coefficient (Wildman–Crippen LogP) is 5.52. The summed E-state index contributed by atoms with van der Waals surface area (Å²) in [5.41, 5.74) is 2.24. The van der Waals surface area contributed by atoms with Gasteiger partial charge in [0.05, 0.1) is 4.83 Å². The molecule has 1 unspecified atom stereocenters. The van der Waals surface area contributed by atoms with Crippen molar-refractivity contribution in [2.75, 3.05) is 0 Å². The van der Waals surface area contributed by atoms with Crippen LogP contribution in [0.5, 0.6) is 0 Å². The Labute approximate surface area is 121 Å². The number of rotatable bonds is 2. The molecule has 0 N–H and O–H groups in total. The number of benzene rings is 2. The van der Waals surface area contributed by atoms with Gasteiger partial charge in [0.1, 0.15) is 11.6 Å². The molecule has 0 bridgehead atoms. The zero-order valence-electron chi connectivity index (χ0n) is 9.55. The zero-order valence-corrected chi connectivity index (χ0v) is 12.7. The topological polar surface area (TPSA) is 0 Å². The molecule has 18 heavy (non-hydrogen) atoms. The second-order valence-electron chi connectivity index (χ2n) is 4.04. The fraction of sp³-hybridized carbons (Fsp3) is 0.143. The normalized spacial score (nSPS) is 12.5. The third kappa shape index (κ3) is 2.81. The lowest BCUT2D eigenvalue weighted by molar-refractivity contribution is 0.588. The molecule has 2 aromatic rings. The summed E-state index contributed by atoms with van der Waals surface area (Å²) in [7, 11) is 0. The summed E-state index contributed by atoms with van der Waals surface area (Å²) >= 11 is 6.83. The first kappa shape index (κ1) is 13.7. The van der Waals surface area contributed by atoms with Crippen molar-refractivity contribution in [2.45, 2.75) is 11.8 Å². The van der Waals surface area contributed by atoms with Gasteiger partial charge in [0.15, 0.2) is 0 Å². The average Bonchev–Trinajstić information content (AvgIpc) is 2.35. The molecule has 4 heteroatoms. The maximum absolute atomic E-state index is 13.7. The van der Waals surface area contributed by atoms with Crippen LogP contribution in [0.4, 0.5) is 8.78 Å². The molecule has 0 nitrogen and oxygen atoms in total. The van der Waals surface area contributed by atoms with E-state index in [-0.39, 0.29) is 4.83 Å². The van der Waals surface area contributed by atoms with Gasteiger partial charge >= 0.3 is 0 Å². The Balaban J connectivity index is 2.44. The van der Waals surface area contributed by atoms with Gasteiger partial charge in [0, 0.05) is 10.0 Å². The molecule has 0 amide bonds. The van der Waals surface area contributed by atoms with E-state index in [0.29, 0.717) is 5.56 Å². The molecule has 2 aromatic carbocycles. The molecule has 2 rings (SSSR count). The van der Waals surface area contributed by atoms with Gasteiger partial charge in [-0.15, -0.1) is 0 Å². The van der Waals surface area contributed by atoms with Gasteiger partial charge in [-0.3, -0.25) is 0 Å². The summed E-state index contributed by atoms with van der Waals surface area (Å²) in [4.78, 5) is -0.361. The van der Waals surface area contributed by atoms with Gasteiger partial charge in [-0.2, -0.15) is 0 Å². The molecular weight excluding hydrogens is 366 g/mol. The minimum atomic E-state index is -0.440. The van der Waals surface area contributed by atoms with E-state index in [1.165, 1.54) is 6.07 Å². The predicted molar refractivity (Wildman–Crippen MR) is 76.0 cm³/mol. The molecule has 94 valence electrons. The molecule has 0 heterocycles. The molecular formula is C14H10Br2F2. The van der Waals surface area contributed by atoms with Crippen molar-refractivity contribution in [1.82, 2.24) is 0 Å². The lowest BCUT2D eigenvalue weighted by Crippen LogP contribution is -1.98. The lowest BCUT2D eigenvalue weighted by atomic mass is 10.0. The highest BCUT2D eigenvalue weighted by atomic mass is 79.9. The molecule has 0 spiro atoms. The quantitative estimate of drug-likeness (QED) is 0.606. The van der Waals surface area contributed by atoms with Crippen molar-refractivity contribution in [3.8, 4) is 0 Å². The summed E-state index contributed by atoms with van der Waals surface area (Å²) in [6.45, 7) is 1.95. The fourth-order valence-electron chi connectivity index (χ4n) is 1.71. The summed E-state index contributed by atoms with van der Waals surface area (Å²) in [5.74, 6) is -0.858. The summed E-state index contributed by atoms with van der Waals surface area (Å²) in [6, 6.07) is 9.19. The number of alkyl halides is 1. The van der Waals surface area contributed by atoms with Crippen molar-refractivity contribution in [1.29, 1.82) is 0 Å². The Kier molecular flexibility index (Phi) is 4.17. The van der Waals surface area contributed by atoms with Gasteiger partial charge in [0.2, 0.25) is 0 Å². The largest absolute Gasteiger partial charge is 0.207 e. The van der Waals surface area contributed by atoms with Gasteiger partial charge in [0.25, 0.3) is 0 Å². The minimum absolute atomic E-state index is 0.303. The highest BCUT2D eigenvalue weighted by Gasteiger charge is 2.16. The van der Waals surface area contributed by atoms with Crippen molar-refractivity contribution in [3.05, 3.63) is 69.2 Å². The monoisotopic (exact) mass is 374 g/mol. The highest BCUT2D eigenvalue weighted by molar-refractivity contribution is 9.10. The molecule has 0 aliphatic rings. The first-order valence-electron chi connectivity index (χ1n) is 5.34. The van der Waals surface area contributed by atoms with E-state index in [2.05, 4.69) is 31.9 Å². The Bertz CT molecular complexity index is 582. The molecule has 0 saturated carbocycles. The smallest absolute Gasteiger partial charge is 0.128 e. The van der Waals surface area contributed by atoms with Crippen LogP contribution in [-0.4, -0.2) is 0 Å². The van der Waals surface area contributed by atoms with Crippen LogP contribution in [0.25, 0.3) is 0 Å². The Hall–Kier alpha value is -0.740. The molecule has 0 fully saturated rings. The molecule has 0 radical (unpaired) electrons. The third-order valence-corrected chi connectivity index (χ3v) is 4.62. The van der Waals surface area contributed by atoms with Crippen molar-refractivity contribution in [3.63, 3.8) is 0 Å². The lowest BCUT2D eigenvalue weighted by Gasteiger charge is -2.13. The third-order valence-electron chi connectivity index (χ3n) is 2.71. The van der Waals surface area contributed by atoms with Gasteiger partial charge in [-0.25, -0.2) is 8.78 Å². The van der Waals surface area contributed by atoms with E-state index in [1.807, 2.05) is 25.1 Å². The minimum Gasteiger partial charge on any atom is -0.207 e. The van der Waals surface area contributed by atoms with E-state index in [9.17, 15) is 8.78 Å². The van der Waals surface area contributed by atoms with E-state index in [1.54, 1.807) is 0 Å². The van der Waals surface area contributed by atoms with E-state index in [0.717, 1.165) is 27.7 Å². The van der Waals surface area contributed by atoms with E-state index >= 15 is 0 Å². The molecule has 0 aliphatic heterocycles. The second kappa shape index (κ2) is 5.49. The average molecular weight is 376 g/mol. The van der Waals surface area contributed by atoms with Gasteiger partial charge in [-0.1, -0.05) is 44.0 Å². The van der Waals surface area contributed by atoms with E-state index in [4.69, 9.17) is 0 Å². The number of hydrogen-bond acceptors (Lipinski definition) is 0. The van der Waals surface area contributed by atoms with Gasteiger partial charge in [-0.05, 0) is 42.3 Å². The van der Waals surface area contributed by atoms with Crippen LogP contribution >= 0.6 is 31.9 Å². The number of hydrogen-bond donors (Lipinski definition) is 0. The highest BCUT2D eigenvalue weighted by Crippen LogP contribution is 2.34. The Morgan fingerprint density at radius 3 is 2.44 bits per heavy atom. The standard InChI is InChI=1S/C14H10Br2F2/c1-8-6-9(2-4-12(8)15)14(16)11-7-10(17)3-5-13(11)18/h2-7,14H,1H3. The first-order valence-corrected chi connectivity index (χ1v) is 7.05. The van der Waals surface area contributed by atoms with Crippen molar-refractivity contribution < 1.29 is 8.78 Å². The molecule has 1 atom stereocenters. The summed E-state index contributed by atoms with van der Waals surface area (Å²) in [6.07, 6.45) is 0. The van der Waals surface area contributed by atoms with Crippen LogP contribution in [0.1, 0.15) is 21.5 Å². The molecule has 0 saturated heterocycles. The summed E-state index contributed by atoms with van der Waals surface area (Å²) in [5, 5.41) is 0. The maximum Gasteiger partial charge on any atom is 0.128 e. The SMILES string of the molecule is Cc1cc(C(Br)c2cc(F)ccc2F)ccc1Br. The van der Waals surface area contributed by atoms with Crippen LogP contribution in [0.15, 0.2) is 40.9 Å². The van der Waals surface area contributed by atoms with Crippen molar-refractivity contribution in [2.24, 2.45) is 0 Å². The van der Waals surface area contributed by atoms with Crippen LogP contribution in [-0.2, 0) is 0 Å². The van der Waals surface area contributed by atoms with Gasteiger partial charge < -0.3 is 0 Å². The molecule has 0 aromatic heterocycles. The molecule has 0 aliphatic carbocycles. The zero-order chi connectivity index (χ0) is 13.3. The van der Waals surface area contributed by atoms with E-state index < -0.39 is 11.6 Å². The maximum atomic E-state index is 13.7. The fourth-order valence-corrected chi connectivity index (χ4v) is 2.60. The Morgan fingerprint density at radius 1 is 1.06 bits per heavy atom. The van der Waals surface area contributed by atoms with Crippen LogP contribution < -0.4 is 0 Å². The van der Waals surface area contributed by atoms with Crippen LogP contribution in [0.2, 0.25) is 0 Å². The number of aryl methyl sites for hydroxylation is 1. The summed E-state index contributed by atoms with van der Waals surface area (Å²) < 4.78 is 27.8. The second-order valence-corrected chi connectivity index (χ2v) is 5.81.